The van der Waals surface area contributed by atoms with Crippen molar-refractivity contribution in [3.05, 3.63) is 107 Å². The van der Waals surface area contributed by atoms with Crippen molar-refractivity contribution >= 4 is 57.8 Å². The van der Waals surface area contributed by atoms with Crippen LogP contribution in [0.5, 0.6) is 0 Å². The number of allylic oxidation sites excluding steroid dienone is 1. The Morgan fingerprint density at radius 2 is 1.71 bits per heavy atom. The Labute approximate surface area is 426 Å². The van der Waals surface area contributed by atoms with Crippen LogP contribution in [0.3, 0.4) is 0 Å². The minimum absolute atomic E-state index is 0.0000123. The molecule has 8 rings (SSSR count). The second-order valence-corrected chi connectivity index (χ2v) is 20.6. The number of halogens is 2. The van der Waals surface area contributed by atoms with Gasteiger partial charge in [0.05, 0.1) is 58.3 Å². The van der Waals surface area contributed by atoms with Crippen molar-refractivity contribution in [1.29, 1.82) is 5.41 Å². The van der Waals surface area contributed by atoms with Crippen molar-refractivity contribution in [3.63, 3.8) is 0 Å². The molecule has 3 fully saturated rings. The average molecular weight is 1020 g/mol. The normalized spacial score (nSPS) is 18.4. The summed E-state index contributed by atoms with van der Waals surface area (Å²) in [5.41, 5.74) is 6.44. The largest absolute Gasteiger partial charge is 0.391 e. The number of fused-ring (bicyclic) bond motifs is 1. The summed E-state index contributed by atoms with van der Waals surface area (Å²) in [6.45, 7) is 9.81. The first-order chi connectivity index (χ1) is 35.1. The number of ether oxygens (including phenoxy) is 2. The van der Waals surface area contributed by atoms with Gasteiger partial charge < -0.3 is 45.7 Å². The second kappa shape index (κ2) is 23.5. The highest BCUT2D eigenvalue weighted by molar-refractivity contribution is 7.13. The Balaban J connectivity index is 0.801. The minimum Gasteiger partial charge on any atom is -0.391 e. The number of benzene rings is 3. The summed E-state index contributed by atoms with van der Waals surface area (Å²) >= 11 is 1.56. The number of β-amino-alcohol motifs (C(OH)–C–C–N with tert-alkyl or cyclic N) is 1. The van der Waals surface area contributed by atoms with Gasteiger partial charge in [-0.05, 0) is 60.1 Å². The summed E-state index contributed by atoms with van der Waals surface area (Å²) in [7, 11) is 0. The molecule has 2 unspecified atom stereocenters. The first-order valence-corrected chi connectivity index (χ1v) is 25.4. The van der Waals surface area contributed by atoms with Crippen LogP contribution >= 0.6 is 11.3 Å². The highest BCUT2D eigenvalue weighted by atomic mass is 32.1. The summed E-state index contributed by atoms with van der Waals surface area (Å²) < 4.78 is 41.8. The van der Waals surface area contributed by atoms with E-state index in [4.69, 9.17) is 19.9 Å². The van der Waals surface area contributed by atoms with Crippen LogP contribution in [0.2, 0.25) is 0 Å². The predicted octanol–water partition coefficient (Wildman–Crippen LogP) is 5.24. The van der Waals surface area contributed by atoms with Crippen LogP contribution < -0.4 is 16.0 Å². The van der Waals surface area contributed by atoms with Gasteiger partial charge in [-0.25, -0.2) is 18.7 Å². The number of nitrogens with zero attached hydrogens (tertiary/aromatic N) is 6. The Morgan fingerprint density at radius 1 is 0.986 bits per heavy atom. The average Bonchev–Trinajstić information content (AvgIpc) is 4.00. The number of hydrogen-bond donors (Lipinski definition) is 5. The molecule has 0 bridgehead atoms. The number of aromatic nitrogens is 3. The number of carbonyl (C=O) groups is 4. The molecule has 3 aliphatic heterocycles. The van der Waals surface area contributed by atoms with Crippen LogP contribution in [0.4, 0.5) is 8.78 Å². The number of hydrogen-bond acceptors (Lipinski definition) is 14. The van der Waals surface area contributed by atoms with Gasteiger partial charge >= 0.3 is 0 Å². The molecule has 0 spiro atoms. The van der Waals surface area contributed by atoms with Crippen molar-refractivity contribution in [2.45, 2.75) is 84.3 Å². The molecular formula is C53H62F2N10O7S. The Bertz CT molecular complexity index is 2820. The van der Waals surface area contributed by atoms with Crippen LogP contribution in [0.25, 0.3) is 38.2 Å². The first-order valence-electron chi connectivity index (χ1n) is 24.5. The molecule has 5 heterocycles. The maximum atomic E-state index is 15.4. The molecule has 3 atom stereocenters. The fourth-order valence-corrected chi connectivity index (χ4v) is 10.1. The Hall–Kier alpha value is -6.58. The number of piperidine rings is 1. The lowest BCUT2D eigenvalue weighted by Gasteiger charge is -2.35. The molecule has 3 aliphatic rings. The van der Waals surface area contributed by atoms with Gasteiger partial charge in [0.2, 0.25) is 23.6 Å². The lowest BCUT2D eigenvalue weighted by atomic mass is 9.85. The van der Waals surface area contributed by atoms with E-state index < -0.39 is 59.6 Å². The van der Waals surface area contributed by atoms with Crippen LogP contribution in [0, 0.1) is 29.4 Å². The molecule has 5 aromatic rings. The van der Waals surface area contributed by atoms with E-state index in [1.807, 2.05) is 36.1 Å². The fourth-order valence-electron chi connectivity index (χ4n) is 9.30. The van der Waals surface area contributed by atoms with E-state index in [0.29, 0.717) is 85.7 Å². The van der Waals surface area contributed by atoms with Gasteiger partial charge in [0, 0.05) is 87.4 Å². The number of rotatable bonds is 17. The van der Waals surface area contributed by atoms with Gasteiger partial charge in [-0.3, -0.25) is 29.1 Å². The quantitative estimate of drug-likeness (QED) is 0.0757. The molecule has 386 valence electrons. The zero-order valence-corrected chi connectivity index (χ0v) is 42.3. The molecule has 2 aromatic heterocycles. The van der Waals surface area contributed by atoms with E-state index in [0.717, 1.165) is 27.9 Å². The van der Waals surface area contributed by atoms with E-state index >= 15 is 8.78 Å². The molecule has 5 N–H and O–H groups in total. The number of aliphatic hydroxyl groups excluding tert-OH is 1. The lowest BCUT2D eigenvalue weighted by Crippen LogP contribution is -2.58. The fraction of sp³-hybridized carbons (Fsp3) is 0.434. The molecular weight excluding hydrogens is 959 g/mol. The molecule has 20 heteroatoms. The van der Waals surface area contributed by atoms with Crippen molar-refractivity contribution in [2.24, 2.45) is 5.41 Å². The van der Waals surface area contributed by atoms with Crippen LogP contribution in [-0.4, -0.2) is 148 Å². The van der Waals surface area contributed by atoms with Gasteiger partial charge in [-0.1, -0.05) is 57.2 Å². The number of amides is 4. The molecule has 4 amide bonds. The first kappa shape index (κ1) is 52.7. The summed E-state index contributed by atoms with van der Waals surface area (Å²) in [5, 5.41) is 27.8. The van der Waals surface area contributed by atoms with Crippen LogP contribution in [-0.2, 0) is 41.7 Å². The van der Waals surface area contributed by atoms with Crippen molar-refractivity contribution in [2.75, 3.05) is 59.2 Å². The zero-order valence-electron chi connectivity index (χ0n) is 41.5. The molecule has 17 nitrogen and oxygen atoms in total. The predicted molar refractivity (Wildman–Crippen MR) is 273 cm³/mol. The third-order valence-electron chi connectivity index (χ3n) is 13.5. The number of morpholine rings is 1. The number of likely N-dealkylation sites (tertiary alicyclic amines) is 2. The van der Waals surface area contributed by atoms with Gasteiger partial charge in [0.1, 0.15) is 36.9 Å². The van der Waals surface area contributed by atoms with E-state index in [1.165, 1.54) is 17.0 Å². The molecule has 3 saturated heterocycles. The molecule has 3 aromatic carbocycles. The standard InChI is InChI=1S/C53H62F2N10O7S/c1-32-49(73-31-60-32)34-10-8-33(9-11-34)24-59-51(69)45-22-38(66)27-65(45)52(70)50(53(2,3)4)62-46(67)29-72-30-47(68)64-14-12-37(13-15-64)57-25-36(23-56)44-26-58-43-7-5-6-39(48(43)61-44)35-20-41(54)40(42(55)21-35)28-63-16-18-71-19-17-63/h5-11,20-21,23,25-26,31,37-38,45,50,56-57,66H,12-19,22,24,27-30H2,1-4H3,(H,59,69)(H,62,67)/b36-25+,56-23?/t38?,45?,50-/m1/s1. The topological polar surface area (TPSA) is 215 Å². The minimum atomic E-state index is -1.06. The van der Waals surface area contributed by atoms with Crippen LogP contribution in [0.1, 0.15) is 62.5 Å². The molecule has 73 heavy (non-hydrogen) atoms. The maximum absolute atomic E-state index is 15.4. The Kier molecular flexibility index (Phi) is 17.0. The highest BCUT2D eigenvalue weighted by Crippen LogP contribution is 2.32. The van der Waals surface area contributed by atoms with Crippen molar-refractivity contribution < 1.29 is 42.5 Å². The summed E-state index contributed by atoms with van der Waals surface area (Å²) in [6.07, 6.45) is 4.67. The third-order valence-corrected chi connectivity index (χ3v) is 14.4. The van der Waals surface area contributed by atoms with Gasteiger partial charge in [0.25, 0.3) is 0 Å². The van der Waals surface area contributed by atoms with Gasteiger partial charge in [-0.2, -0.15) is 0 Å². The van der Waals surface area contributed by atoms with E-state index in [9.17, 15) is 24.3 Å². The number of para-hydroxylation sites is 1. The number of aryl methyl sites for hydroxylation is 1. The van der Waals surface area contributed by atoms with Crippen molar-refractivity contribution in [3.8, 4) is 21.6 Å². The maximum Gasteiger partial charge on any atom is 0.248 e. The van der Waals surface area contributed by atoms with Gasteiger partial charge in [-0.15, -0.1) is 11.3 Å². The van der Waals surface area contributed by atoms with Gasteiger partial charge in [0.15, 0.2) is 0 Å². The molecule has 0 radical (unpaired) electrons. The van der Waals surface area contributed by atoms with E-state index in [-0.39, 0.29) is 50.2 Å². The number of nitrogens with one attached hydrogen (secondary N) is 4. The summed E-state index contributed by atoms with van der Waals surface area (Å²) in [4.78, 5) is 73.7. The van der Waals surface area contributed by atoms with Crippen LogP contribution in [0.15, 0.2) is 72.5 Å². The number of aliphatic hydroxyl groups is 1. The van der Waals surface area contributed by atoms with Crippen molar-refractivity contribution in [1.82, 2.24) is 45.6 Å². The highest BCUT2D eigenvalue weighted by Gasteiger charge is 2.44. The summed E-state index contributed by atoms with van der Waals surface area (Å²) in [5.74, 6) is -3.13. The van der Waals surface area contributed by atoms with E-state index in [1.54, 1.807) is 73.1 Å². The number of carbonyl (C=O) groups excluding carboxylic acids is 4. The lowest BCUT2D eigenvalue weighted by molar-refractivity contribution is -0.145. The monoisotopic (exact) mass is 1020 g/mol. The number of thiazole rings is 1. The van der Waals surface area contributed by atoms with E-state index in [2.05, 4.69) is 25.9 Å². The smallest absolute Gasteiger partial charge is 0.248 e. The third kappa shape index (κ3) is 13.0. The Morgan fingerprint density at radius 3 is 2.38 bits per heavy atom. The SMILES string of the molecule is Cc1ncsc1-c1ccc(CNC(=O)C2CC(O)CN2C(=O)[C@@H](NC(=O)COCC(=O)N2CCC(N/C=C(\C=N)c3cnc4cccc(-c5cc(F)c(CN6CCOCC6)c(F)c5)c4n3)CC2)C(C)(C)C)cc1. The molecule has 0 aliphatic carbocycles. The molecule has 0 saturated carbocycles. The second-order valence-electron chi connectivity index (χ2n) is 19.7. The summed E-state index contributed by atoms with van der Waals surface area (Å²) in [6, 6.07) is 13.6. The zero-order chi connectivity index (χ0) is 51.8.